The van der Waals surface area contributed by atoms with Crippen molar-refractivity contribution in [3.05, 3.63) is 35.3 Å². The molecule has 156 valence electrons. The molecule has 0 aromatic carbocycles. The predicted molar refractivity (Wildman–Crippen MR) is 92.0 cm³/mol. The average molecular weight is 451 g/mol. The fourth-order valence-corrected chi connectivity index (χ4v) is 4.04. The number of pyridine rings is 2. The third kappa shape index (κ3) is 3.89. The maximum atomic E-state index is 13.0. The van der Waals surface area contributed by atoms with E-state index < -0.39 is 59.4 Å². The van der Waals surface area contributed by atoms with Gasteiger partial charge in [0, 0.05) is 12.5 Å². The number of oxazole rings is 1. The van der Waals surface area contributed by atoms with Crippen molar-refractivity contribution in [2.45, 2.75) is 22.9 Å². The number of hydrogen-bond donors (Lipinski definition) is 0. The van der Waals surface area contributed by atoms with Crippen LogP contribution >= 0.6 is 0 Å². The van der Waals surface area contributed by atoms with Crippen molar-refractivity contribution in [2.75, 3.05) is 12.0 Å². The molecule has 3 aromatic rings. The van der Waals surface area contributed by atoms with Gasteiger partial charge in [0.2, 0.25) is 6.20 Å². The first-order chi connectivity index (χ1) is 13.2. The summed E-state index contributed by atoms with van der Waals surface area (Å²) < 4.78 is 92.2. The van der Waals surface area contributed by atoms with Crippen LogP contribution in [0.5, 0.6) is 0 Å². The fourth-order valence-electron chi connectivity index (χ4n) is 2.38. The second kappa shape index (κ2) is 6.66. The molecule has 0 saturated carbocycles. The van der Waals surface area contributed by atoms with Gasteiger partial charge in [-0.3, -0.25) is 0 Å². The summed E-state index contributed by atoms with van der Waals surface area (Å²) in [5.41, 5.74) is -2.52. The number of nitrogens with zero attached hydrogens (tertiary/aromatic N) is 3. The minimum absolute atomic E-state index is 0.0697. The van der Waals surface area contributed by atoms with E-state index >= 15 is 0 Å². The molecule has 0 spiro atoms. The molecule has 29 heavy (non-hydrogen) atoms. The Morgan fingerprint density at radius 3 is 2.41 bits per heavy atom. The predicted octanol–water partition coefficient (Wildman–Crippen LogP) is 1.74. The maximum absolute atomic E-state index is 13.0. The van der Waals surface area contributed by atoms with Crippen molar-refractivity contribution in [1.82, 2.24) is 9.97 Å². The summed E-state index contributed by atoms with van der Waals surface area (Å²) in [6.07, 6.45) is -2.85. The second-order valence-electron chi connectivity index (χ2n) is 5.96. The first-order valence-corrected chi connectivity index (χ1v) is 11.3. The highest BCUT2D eigenvalue weighted by Crippen LogP contribution is 2.34. The van der Waals surface area contributed by atoms with Crippen LogP contribution in [0.25, 0.3) is 22.8 Å². The summed E-state index contributed by atoms with van der Waals surface area (Å²) in [7, 11) is -7.95. The zero-order valence-corrected chi connectivity index (χ0v) is 16.4. The number of fused-ring (bicyclic) bond motifs is 1. The Hall–Kier alpha value is -2.74. The summed E-state index contributed by atoms with van der Waals surface area (Å²) in [5.74, 6) is -1.07. The molecule has 0 unspecified atom stereocenters. The van der Waals surface area contributed by atoms with E-state index in [0.29, 0.717) is 12.3 Å². The Kier molecular flexibility index (Phi) is 4.82. The lowest BCUT2D eigenvalue weighted by Gasteiger charge is -2.10. The zero-order valence-electron chi connectivity index (χ0n) is 14.8. The van der Waals surface area contributed by atoms with E-state index in [-0.39, 0.29) is 15.1 Å². The van der Waals surface area contributed by atoms with Crippen LogP contribution in [-0.4, -0.2) is 38.8 Å². The maximum Gasteiger partial charge on any atom is 0.417 e. The number of sulfone groups is 2. The summed E-state index contributed by atoms with van der Waals surface area (Å²) >= 11 is 0. The monoisotopic (exact) mass is 451 g/mol. The quantitative estimate of drug-likeness (QED) is 0.432. The van der Waals surface area contributed by atoms with Crippen molar-refractivity contribution in [1.29, 1.82) is 0 Å². The molecule has 0 aliphatic rings. The number of alkyl halides is 3. The lowest BCUT2D eigenvalue weighted by atomic mass is 10.2. The van der Waals surface area contributed by atoms with Gasteiger partial charge in [0.25, 0.3) is 5.89 Å². The van der Waals surface area contributed by atoms with Gasteiger partial charge in [0.1, 0.15) is 10.6 Å². The molecule has 3 aromatic heterocycles. The Morgan fingerprint density at radius 2 is 1.86 bits per heavy atom. The van der Waals surface area contributed by atoms with Gasteiger partial charge in [-0.1, -0.05) is 6.92 Å². The number of halogens is 3. The van der Waals surface area contributed by atoms with Crippen LogP contribution in [0.2, 0.25) is 0 Å². The molecular formula is C15H12F3N3O6S2. The number of aromatic nitrogens is 3. The molecule has 0 N–H and O–H groups in total. The van der Waals surface area contributed by atoms with E-state index in [1.54, 1.807) is 0 Å². The lowest BCUT2D eigenvalue weighted by Crippen LogP contribution is -2.27. The summed E-state index contributed by atoms with van der Waals surface area (Å²) in [4.78, 5) is 6.25. The van der Waals surface area contributed by atoms with E-state index in [1.807, 2.05) is 0 Å². The Balaban J connectivity index is 2.30. The van der Waals surface area contributed by atoms with Crippen LogP contribution in [-0.2, 0) is 25.9 Å². The van der Waals surface area contributed by atoms with Crippen molar-refractivity contribution in [3.8, 4) is 11.6 Å². The zero-order chi connectivity index (χ0) is 21.8. The molecular weight excluding hydrogens is 439 g/mol. The lowest BCUT2D eigenvalue weighted by molar-refractivity contribution is -0.586. The van der Waals surface area contributed by atoms with Gasteiger partial charge >= 0.3 is 11.9 Å². The highest BCUT2D eigenvalue weighted by Gasteiger charge is 2.34. The normalized spacial score (nSPS) is 13.1. The number of rotatable bonds is 4. The standard InChI is InChI=1S/C15H12F3N3O6S2/c1-3-29(25,26)11-4-8(15(16,17)18)6-19-12(11)13-20-10-5-9(28(2,23)24)7-21(22)14(10)27-13/h4-7H,3H2,1-2H3. The summed E-state index contributed by atoms with van der Waals surface area (Å²) in [5, 5.41) is 12.0. The topological polar surface area (TPSA) is 134 Å². The van der Waals surface area contributed by atoms with Gasteiger partial charge in [0.05, 0.1) is 16.2 Å². The molecule has 0 saturated heterocycles. The van der Waals surface area contributed by atoms with Gasteiger partial charge in [-0.05, 0) is 12.1 Å². The largest absolute Gasteiger partial charge is 0.616 e. The van der Waals surface area contributed by atoms with Gasteiger partial charge in [-0.2, -0.15) is 13.2 Å². The van der Waals surface area contributed by atoms with Crippen LogP contribution in [0.4, 0.5) is 13.2 Å². The first-order valence-electron chi connectivity index (χ1n) is 7.78. The smallest absolute Gasteiger partial charge is 0.417 e. The molecule has 0 atom stereocenters. The molecule has 3 rings (SSSR count). The van der Waals surface area contributed by atoms with E-state index in [0.717, 1.165) is 18.5 Å². The van der Waals surface area contributed by atoms with E-state index in [4.69, 9.17) is 4.42 Å². The van der Waals surface area contributed by atoms with Crippen LogP contribution < -0.4 is 4.73 Å². The molecule has 0 bridgehead atoms. The number of hydrogen-bond acceptors (Lipinski definition) is 8. The van der Waals surface area contributed by atoms with E-state index in [2.05, 4.69) is 9.97 Å². The van der Waals surface area contributed by atoms with Crippen molar-refractivity contribution >= 4 is 30.9 Å². The van der Waals surface area contributed by atoms with Gasteiger partial charge in [0.15, 0.2) is 25.2 Å². The Morgan fingerprint density at radius 1 is 1.21 bits per heavy atom. The minimum atomic E-state index is -4.84. The van der Waals surface area contributed by atoms with Gasteiger partial charge in [-0.25, -0.2) is 26.8 Å². The molecule has 3 heterocycles. The third-order valence-corrected chi connectivity index (χ3v) is 6.70. The molecule has 0 aliphatic carbocycles. The SMILES string of the molecule is CCS(=O)(=O)c1cc(C(F)(F)F)cnc1-c1nc2cc(S(C)(=O)=O)c[n+]([O-])c2o1. The van der Waals surface area contributed by atoms with Gasteiger partial charge in [-0.15, -0.1) is 4.73 Å². The fraction of sp³-hybridized carbons (Fsp3) is 0.267. The van der Waals surface area contributed by atoms with Gasteiger partial charge < -0.3 is 9.62 Å². The molecule has 0 aliphatic heterocycles. The second-order valence-corrected chi connectivity index (χ2v) is 10.2. The van der Waals surface area contributed by atoms with E-state index in [9.17, 15) is 35.2 Å². The van der Waals surface area contributed by atoms with Crippen molar-refractivity contribution in [3.63, 3.8) is 0 Å². The van der Waals surface area contributed by atoms with Crippen molar-refractivity contribution < 1.29 is 39.2 Å². The molecule has 0 radical (unpaired) electrons. The molecule has 14 heteroatoms. The van der Waals surface area contributed by atoms with Crippen molar-refractivity contribution in [2.24, 2.45) is 0 Å². The molecule has 0 fully saturated rings. The summed E-state index contributed by atoms with van der Waals surface area (Å²) in [6.45, 7) is 1.23. The average Bonchev–Trinajstić information content (AvgIpc) is 3.04. The van der Waals surface area contributed by atoms with E-state index in [1.165, 1.54) is 6.92 Å². The van der Waals surface area contributed by atoms with Crippen LogP contribution in [0.1, 0.15) is 12.5 Å². The van der Waals surface area contributed by atoms with Crippen LogP contribution in [0, 0.1) is 5.21 Å². The molecule has 9 nitrogen and oxygen atoms in total. The van der Waals surface area contributed by atoms with Crippen LogP contribution in [0.3, 0.4) is 0 Å². The molecule has 0 amide bonds. The minimum Gasteiger partial charge on any atom is -0.616 e. The highest BCUT2D eigenvalue weighted by atomic mass is 32.2. The first kappa shape index (κ1) is 21.0. The third-order valence-electron chi connectivity index (χ3n) is 3.88. The highest BCUT2D eigenvalue weighted by molar-refractivity contribution is 7.91. The summed E-state index contributed by atoms with van der Waals surface area (Å²) in [6, 6.07) is 1.42. The Labute approximate surface area is 162 Å². The van der Waals surface area contributed by atoms with Crippen LogP contribution in [0.15, 0.2) is 38.7 Å². The Bertz CT molecular complexity index is 1330.